The fourth-order valence-corrected chi connectivity index (χ4v) is 8.16. The summed E-state index contributed by atoms with van der Waals surface area (Å²) in [5, 5.41) is 12.7. The van der Waals surface area contributed by atoms with E-state index in [4.69, 9.17) is 0 Å². The second kappa shape index (κ2) is 12.8. The number of amides is 1. The Morgan fingerprint density at radius 2 is 1.63 bits per heavy atom. The largest absolute Gasteiger partial charge is 0.349 e. The zero-order chi connectivity index (χ0) is 29.9. The molecule has 4 aromatic rings. The third-order valence-corrected chi connectivity index (χ3v) is 10.4. The minimum absolute atomic E-state index is 0.0882. The molecule has 2 aliphatic rings. The average molecular weight is 616 g/mol. The Morgan fingerprint density at radius 3 is 2.37 bits per heavy atom. The molecule has 0 spiro atoms. The Morgan fingerprint density at radius 1 is 0.953 bits per heavy atom. The lowest BCUT2D eigenvalue weighted by molar-refractivity contribution is 0.0919. The molecule has 6 rings (SSSR count). The zero-order valence-electron chi connectivity index (χ0n) is 23.4. The second-order valence-corrected chi connectivity index (χ2v) is 13.2. The van der Waals surface area contributed by atoms with Crippen LogP contribution in [0.5, 0.6) is 0 Å². The highest BCUT2D eigenvalue weighted by atomic mass is 32.2. The van der Waals surface area contributed by atoms with E-state index in [1.54, 1.807) is 16.7 Å². The van der Waals surface area contributed by atoms with E-state index in [1.807, 2.05) is 48.2 Å². The van der Waals surface area contributed by atoms with Gasteiger partial charge in [-0.3, -0.25) is 18.7 Å². The molecule has 0 unspecified atom stereocenters. The summed E-state index contributed by atoms with van der Waals surface area (Å²) in [6, 6.07) is 17.4. The number of nitrogens with one attached hydrogen (secondary N) is 1. The molecule has 220 valence electrons. The molecule has 43 heavy (non-hydrogen) atoms. The number of carbonyl (C=O) groups excluding carboxylic acids is 1. The highest BCUT2D eigenvalue weighted by Crippen LogP contribution is 2.34. The minimum Gasteiger partial charge on any atom is -0.349 e. The Labute approximate surface area is 256 Å². The summed E-state index contributed by atoms with van der Waals surface area (Å²) < 4.78 is 17.1. The van der Waals surface area contributed by atoms with Gasteiger partial charge in [0.2, 0.25) is 0 Å². The number of carbonyl (C=O) groups is 1. The van der Waals surface area contributed by atoms with Crippen molar-refractivity contribution in [1.29, 1.82) is 5.26 Å². The number of nitrogens with zero attached hydrogens (tertiary/aromatic N) is 4. The van der Waals surface area contributed by atoms with Crippen LogP contribution < -0.4 is 16.6 Å². The molecule has 1 saturated carbocycles. The predicted octanol–water partition coefficient (Wildman–Crippen LogP) is 5.70. The van der Waals surface area contributed by atoms with E-state index in [0.717, 1.165) is 40.3 Å². The first kappa shape index (κ1) is 29.2. The van der Waals surface area contributed by atoms with Crippen LogP contribution in [0.3, 0.4) is 0 Å². The van der Waals surface area contributed by atoms with E-state index in [9.17, 15) is 24.0 Å². The monoisotopic (exact) mass is 615 g/mol. The lowest BCUT2D eigenvalue weighted by atomic mass is 9.90. The Kier molecular flexibility index (Phi) is 8.68. The van der Waals surface area contributed by atoms with Gasteiger partial charge in [-0.15, -0.1) is 0 Å². The molecule has 0 bridgehead atoms. The smallest absolute Gasteiger partial charge is 0.333 e. The van der Waals surface area contributed by atoms with Gasteiger partial charge in [-0.05, 0) is 80.4 Å². The van der Waals surface area contributed by atoms with E-state index >= 15 is 0 Å². The van der Waals surface area contributed by atoms with Crippen LogP contribution in [-0.4, -0.2) is 37.6 Å². The number of halogens is 1. The molecule has 8 nitrogen and oxygen atoms in total. The average Bonchev–Trinajstić information content (AvgIpc) is 3.03. The maximum atomic E-state index is 14.2. The molecule has 1 saturated heterocycles. The first-order valence-electron chi connectivity index (χ1n) is 14.4. The van der Waals surface area contributed by atoms with Crippen molar-refractivity contribution in [3.05, 3.63) is 98.6 Å². The summed E-state index contributed by atoms with van der Waals surface area (Å²) in [5.74, 6) is 1.01. The van der Waals surface area contributed by atoms with Crippen LogP contribution in [0.2, 0.25) is 0 Å². The number of nitriles is 1. The lowest BCUT2D eigenvalue weighted by Crippen LogP contribution is -2.46. The van der Waals surface area contributed by atoms with Gasteiger partial charge in [0.1, 0.15) is 17.5 Å². The van der Waals surface area contributed by atoms with Crippen LogP contribution in [0.4, 0.5) is 4.39 Å². The van der Waals surface area contributed by atoms with Crippen molar-refractivity contribution in [3.63, 3.8) is 0 Å². The van der Waals surface area contributed by atoms with Crippen molar-refractivity contribution >= 4 is 40.5 Å². The van der Waals surface area contributed by atoms with Crippen LogP contribution in [-0.2, 0) is 0 Å². The van der Waals surface area contributed by atoms with E-state index in [2.05, 4.69) is 16.4 Å². The molecule has 0 radical (unpaired) electrons. The molecular formula is C32H30FN5O3S2. The van der Waals surface area contributed by atoms with Crippen LogP contribution >= 0.6 is 23.5 Å². The van der Waals surface area contributed by atoms with E-state index in [0.29, 0.717) is 36.8 Å². The van der Waals surface area contributed by atoms with Gasteiger partial charge in [-0.1, -0.05) is 36.0 Å². The highest BCUT2D eigenvalue weighted by molar-refractivity contribution is 7.99. The summed E-state index contributed by atoms with van der Waals surface area (Å²) in [6.45, 7) is 0. The predicted molar refractivity (Wildman–Crippen MR) is 166 cm³/mol. The molecule has 1 N–H and O–H groups in total. The lowest BCUT2D eigenvalue weighted by Gasteiger charge is -2.31. The summed E-state index contributed by atoms with van der Waals surface area (Å²) in [7, 11) is 0. The number of hydrogen-bond donors (Lipinski definition) is 1. The minimum atomic E-state index is -0.610. The van der Waals surface area contributed by atoms with Gasteiger partial charge in [0, 0.05) is 27.9 Å². The van der Waals surface area contributed by atoms with Gasteiger partial charge >= 0.3 is 5.69 Å². The highest BCUT2D eigenvalue weighted by Gasteiger charge is 2.30. The Balaban J connectivity index is 1.21. The third kappa shape index (κ3) is 5.99. The van der Waals surface area contributed by atoms with Gasteiger partial charge in [0.05, 0.1) is 22.7 Å². The number of hydrogen-bond acceptors (Lipinski definition) is 7. The zero-order valence-corrected chi connectivity index (χ0v) is 25.0. The summed E-state index contributed by atoms with van der Waals surface area (Å²) >= 11 is 3.22. The number of aromatic nitrogens is 3. The molecule has 2 aromatic heterocycles. The first-order valence-corrected chi connectivity index (χ1v) is 16.4. The molecule has 1 aliphatic heterocycles. The van der Waals surface area contributed by atoms with Crippen LogP contribution in [0.25, 0.3) is 11.0 Å². The standard InChI is InChI=1S/C32H30FN5O3S2/c33-21-17-26-29(35-19-21)37(24-13-15-42-16-14-24)32(41)38(31(26)40)23-11-9-22(10-12-23)36-30(39)25-6-2-4-8-28(25)43-27-7-3-1-5-20(27)18-34/h1-8,17,19,22-24H,9-16H2,(H,36,39). The fraction of sp³-hybridized carbons (Fsp3) is 0.344. The number of fused-ring (bicyclic) bond motifs is 1. The Bertz CT molecular complexity index is 1840. The van der Waals surface area contributed by atoms with Crippen molar-refractivity contribution in [2.24, 2.45) is 0 Å². The fourth-order valence-electron chi connectivity index (χ4n) is 6.05. The van der Waals surface area contributed by atoms with Crippen molar-refractivity contribution in [3.8, 4) is 6.07 Å². The quantitative estimate of drug-likeness (QED) is 0.296. The van der Waals surface area contributed by atoms with E-state index in [1.165, 1.54) is 22.4 Å². The van der Waals surface area contributed by atoms with Crippen LogP contribution in [0, 0.1) is 17.1 Å². The first-order chi connectivity index (χ1) is 20.9. The van der Waals surface area contributed by atoms with Gasteiger partial charge < -0.3 is 5.32 Å². The number of rotatable bonds is 6. The summed E-state index contributed by atoms with van der Waals surface area (Å²) in [5.41, 5.74) is 0.426. The maximum Gasteiger partial charge on any atom is 0.333 e. The SMILES string of the molecule is N#Cc1ccccc1Sc1ccccc1C(=O)NC1CCC(n2c(=O)c3cc(F)cnc3n(C3CCSCC3)c2=O)CC1. The van der Waals surface area contributed by atoms with Gasteiger partial charge in [0.15, 0.2) is 0 Å². The number of benzene rings is 2. The van der Waals surface area contributed by atoms with Crippen molar-refractivity contribution in [1.82, 2.24) is 19.4 Å². The second-order valence-electron chi connectivity index (χ2n) is 10.9. The molecule has 1 amide bonds. The van der Waals surface area contributed by atoms with E-state index < -0.39 is 11.4 Å². The maximum absolute atomic E-state index is 14.2. The van der Waals surface area contributed by atoms with Crippen LogP contribution in [0.1, 0.15) is 66.5 Å². The van der Waals surface area contributed by atoms with Crippen LogP contribution in [0.15, 0.2) is 80.2 Å². The van der Waals surface area contributed by atoms with Crippen molar-refractivity contribution in [2.75, 3.05) is 11.5 Å². The van der Waals surface area contributed by atoms with Crippen molar-refractivity contribution in [2.45, 2.75) is 66.4 Å². The number of pyridine rings is 1. The third-order valence-electron chi connectivity index (χ3n) is 8.24. The molecule has 3 heterocycles. The summed E-state index contributed by atoms with van der Waals surface area (Å²) in [4.78, 5) is 46.5. The summed E-state index contributed by atoms with van der Waals surface area (Å²) in [6.07, 6.45) is 4.88. The Hall–Kier alpha value is -3.88. The molecule has 11 heteroatoms. The molecule has 2 aromatic carbocycles. The number of thioether (sulfide) groups is 1. The normalized spacial score (nSPS) is 19.2. The van der Waals surface area contributed by atoms with Crippen molar-refractivity contribution < 1.29 is 9.18 Å². The molecule has 0 atom stereocenters. The van der Waals surface area contributed by atoms with Gasteiger partial charge in [0.25, 0.3) is 11.5 Å². The van der Waals surface area contributed by atoms with Gasteiger partial charge in [-0.2, -0.15) is 17.0 Å². The molecule has 1 aliphatic carbocycles. The van der Waals surface area contributed by atoms with E-state index in [-0.39, 0.29) is 40.8 Å². The molecule has 2 fully saturated rings. The topological polar surface area (TPSA) is 110 Å². The van der Waals surface area contributed by atoms with Gasteiger partial charge in [-0.25, -0.2) is 14.2 Å². The molecular weight excluding hydrogens is 586 g/mol.